The van der Waals surface area contributed by atoms with Crippen LogP contribution in [0.4, 0.5) is 18.9 Å². The fourth-order valence-corrected chi connectivity index (χ4v) is 3.87. The number of hydrogen-bond donors (Lipinski definition) is 1. The maximum absolute atomic E-state index is 13.1. The smallest absolute Gasteiger partial charge is 0.338 e. The van der Waals surface area contributed by atoms with E-state index in [1.54, 1.807) is 18.2 Å². The van der Waals surface area contributed by atoms with Crippen LogP contribution in [0.1, 0.15) is 24.3 Å². The number of halogens is 4. The van der Waals surface area contributed by atoms with Crippen molar-refractivity contribution in [1.82, 2.24) is 15.0 Å². The van der Waals surface area contributed by atoms with Crippen molar-refractivity contribution in [1.29, 1.82) is 0 Å². The second-order valence-corrected chi connectivity index (χ2v) is 8.04. The number of benzene rings is 2. The minimum Gasteiger partial charge on any atom is -0.338 e. The zero-order chi connectivity index (χ0) is 22.7. The number of carbonyl (C=O) groups excluding carboxylic acids is 1. The van der Waals surface area contributed by atoms with Gasteiger partial charge in [0.2, 0.25) is 17.6 Å². The van der Waals surface area contributed by atoms with Gasteiger partial charge < -0.3 is 9.84 Å². The Labute approximate surface area is 187 Å². The summed E-state index contributed by atoms with van der Waals surface area (Å²) in [5, 5.41) is 7.01. The number of nitrogens with one attached hydrogen (secondary N) is 1. The molecular weight excluding hydrogens is 445 g/mol. The molecule has 2 aromatic carbocycles. The molecule has 1 N–H and O–H groups in total. The van der Waals surface area contributed by atoms with Crippen molar-refractivity contribution in [3.8, 4) is 11.4 Å². The third-order valence-electron chi connectivity index (χ3n) is 5.36. The zero-order valence-electron chi connectivity index (χ0n) is 16.9. The van der Waals surface area contributed by atoms with Gasteiger partial charge in [0.1, 0.15) is 0 Å². The second-order valence-electron chi connectivity index (χ2n) is 7.61. The van der Waals surface area contributed by atoms with Crippen LogP contribution in [0.2, 0.25) is 5.02 Å². The molecule has 0 radical (unpaired) electrons. The highest BCUT2D eigenvalue weighted by atomic mass is 35.5. The lowest BCUT2D eigenvalue weighted by Crippen LogP contribution is -2.38. The van der Waals surface area contributed by atoms with Crippen LogP contribution >= 0.6 is 11.6 Å². The normalized spacial score (nSPS) is 15.6. The quantitative estimate of drug-likeness (QED) is 0.557. The Morgan fingerprint density at radius 3 is 2.62 bits per heavy atom. The number of anilines is 1. The Morgan fingerprint density at radius 2 is 1.91 bits per heavy atom. The van der Waals surface area contributed by atoms with Gasteiger partial charge in [-0.15, -0.1) is 0 Å². The molecule has 1 aliphatic heterocycles. The summed E-state index contributed by atoms with van der Waals surface area (Å²) in [6, 6.07) is 12.1. The van der Waals surface area contributed by atoms with Gasteiger partial charge in [0.15, 0.2) is 0 Å². The summed E-state index contributed by atoms with van der Waals surface area (Å²) in [4.78, 5) is 19.0. The molecule has 3 aromatic rings. The van der Waals surface area contributed by atoms with Crippen molar-refractivity contribution in [2.24, 2.45) is 5.92 Å². The highest BCUT2D eigenvalue weighted by molar-refractivity contribution is 6.30. The summed E-state index contributed by atoms with van der Waals surface area (Å²) in [6.45, 7) is 1.61. The first-order chi connectivity index (χ1) is 15.3. The number of para-hydroxylation sites is 1. The number of amides is 1. The van der Waals surface area contributed by atoms with Gasteiger partial charge in [-0.1, -0.05) is 41.0 Å². The second kappa shape index (κ2) is 9.30. The molecule has 0 unspecified atom stereocenters. The van der Waals surface area contributed by atoms with Gasteiger partial charge in [0.25, 0.3) is 0 Å². The van der Waals surface area contributed by atoms with E-state index in [4.69, 9.17) is 16.1 Å². The molecule has 0 aliphatic carbocycles. The van der Waals surface area contributed by atoms with Crippen molar-refractivity contribution in [3.05, 3.63) is 65.0 Å². The van der Waals surface area contributed by atoms with E-state index in [1.165, 1.54) is 18.2 Å². The van der Waals surface area contributed by atoms with E-state index in [-0.39, 0.29) is 11.6 Å². The molecule has 2 heterocycles. The fraction of sp³-hybridized carbons (Fsp3) is 0.318. The molecule has 168 valence electrons. The largest absolute Gasteiger partial charge is 0.418 e. The van der Waals surface area contributed by atoms with Gasteiger partial charge >= 0.3 is 6.18 Å². The molecule has 0 spiro atoms. The van der Waals surface area contributed by atoms with Gasteiger partial charge in [0, 0.05) is 16.5 Å². The third kappa shape index (κ3) is 5.28. The maximum Gasteiger partial charge on any atom is 0.418 e. The van der Waals surface area contributed by atoms with Crippen LogP contribution in [0.5, 0.6) is 0 Å². The summed E-state index contributed by atoms with van der Waals surface area (Å²) >= 11 is 6.00. The number of piperidine rings is 1. The summed E-state index contributed by atoms with van der Waals surface area (Å²) in [5.74, 6) is 0.127. The number of hydrogen-bond acceptors (Lipinski definition) is 5. The third-order valence-corrected chi connectivity index (χ3v) is 5.59. The van der Waals surface area contributed by atoms with Crippen LogP contribution in [-0.4, -0.2) is 34.0 Å². The summed E-state index contributed by atoms with van der Waals surface area (Å²) in [5.41, 5.74) is -0.313. The molecule has 10 heteroatoms. The minimum absolute atomic E-state index is 0.216. The number of nitrogens with zero attached hydrogens (tertiary/aromatic N) is 3. The van der Waals surface area contributed by atoms with E-state index in [0.717, 1.165) is 11.6 Å². The van der Waals surface area contributed by atoms with Crippen LogP contribution < -0.4 is 5.32 Å². The highest BCUT2D eigenvalue weighted by Crippen LogP contribution is 2.35. The van der Waals surface area contributed by atoms with E-state index in [2.05, 4.69) is 20.4 Å². The Morgan fingerprint density at radius 1 is 1.16 bits per heavy atom. The van der Waals surface area contributed by atoms with Gasteiger partial charge in [-0.05, 0) is 50.2 Å². The van der Waals surface area contributed by atoms with E-state index in [9.17, 15) is 18.0 Å². The molecule has 32 heavy (non-hydrogen) atoms. The number of rotatable bonds is 5. The summed E-state index contributed by atoms with van der Waals surface area (Å²) < 4.78 is 44.8. The first-order valence-electron chi connectivity index (χ1n) is 10.1. The van der Waals surface area contributed by atoms with Crippen LogP contribution in [0.25, 0.3) is 11.4 Å². The standard InChI is InChI=1S/C22H20ClF3N4O2/c23-16-5-3-4-15(12-16)20-28-19(32-29-20)13-30-10-8-14(9-11-30)21(31)27-18-7-2-1-6-17(18)22(24,25)26/h1-7,12,14H,8-11,13H2,(H,27,31). The van der Waals surface area contributed by atoms with Gasteiger partial charge in [-0.3, -0.25) is 9.69 Å². The van der Waals surface area contributed by atoms with Crippen molar-refractivity contribution in [2.75, 3.05) is 18.4 Å². The van der Waals surface area contributed by atoms with Gasteiger partial charge in [-0.2, -0.15) is 18.2 Å². The molecule has 4 rings (SSSR count). The first-order valence-corrected chi connectivity index (χ1v) is 10.5. The van der Waals surface area contributed by atoms with E-state index >= 15 is 0 Å². The lowest BCUT2D eigenvalue weighted by atomic mass is 9.95. The Bertz CT molecular complexity index is 1090. The maximum atomic E-state index is 13.1. The van der Waals surface area contributed by atoms with Gasteiger partial charge in [-0.25, -0.2) is 0 Å². The number of aromatic nitrogens is 2. The van der Waals surface area contributed by atoms with E-state index < -0.39 is 17.6 Å². The zero-order valence-corrected chi connectivity index (χ0v) is 17.7. The average molecular weight is 465 g/mol. The summed E-state index contributed by atoms with van der Waals surface area (Å²) in [7, 11) is 0. The predicted molar refractivity (Wildman–Crippen MR) is 113 cm³/mol. The van der Waals surface area contributed by atoms with Crippen LogP contribution in [-0.2, 0) is 17.5 Å². The van der Waals surface area contributed by atoms with Crippen LogP contribution in [0, 0.1) is 5.92 Å². The Hall–Kier alpha value is -2.91. The number of likely N-dealkylation sites (tertiary alicyclic amines) is 1. The molecular formula is C22H20ClF3N4O2. The first kappa shape index (κ1) is 22.3. The van der Waals surface area contributed by atoms with Crippen molar-refractivity contribution in [3.63, 3.8) is 0 Å². The topological polar surface area (TPSA) is 71.3 Å². The molecule has 1 fully saturated rings. The average Bonchev–Trinajstić information content (AvgIpc) is 3.22. The Balaban J connectivity index is 1.32. The van der Waals surface area contributed by atoms with Crippen LogP contribution in [0.3, 0.4) is 0 Å². The lowest BCUT2D eigenvalue weighted by Gasteiger charge is -2.30. The molecule has 1 amide bonds. The van der Waals surface area contributed by atoms with E-state index in [1.807, 2.05) is 6.07 Å². The monoisotopic (exact) mass is 464 g/mol. The minimum atomic E-state index is -4.53. The van der Waals surface area contributed by atoms with Crippen molar-refractivity contribution in [2.45, 2.75) is 25.6 Å². The Kier molecular flexibility index (Phi) is 6.48. The van der Waals surface area contributed by atoms with Gasteiger partial charge in [0.05, 0.1) is 17.8 Å². The number of carbonyl (C=O) groups is 1. The molecule has 0 atom stereocenters. The fourth-order valence-electron chi connectivity index (χ4n) is 3.68. The van der Waals surface area contributed by atoms with Crippen molar-refractivity contribution >= 4 is 23.2 Å². The summed E-state index contributed by atoms with van der Waals surface area (Å²) in [6.07, 6.45) is -3.48. The molecule has 1 saturated heterocycles. The SMILES string of the molecule is O=C(Nc1ccccc1C(F)(F)F)C1CCN(Cc2nc(-c3cccc(Cl)c3)no2)CC1. The van der Waals surface area contributed by atoms with E-state index in [0.29, 0.717) is 49.2 Å². The highest BCUT2D eigenvalue weighted by Gasteiger charge is 2.34. The lowest BCUT2D eigenvalue weighted by molar-refractivity contribution is -0.137. The van der Waals surface area contributed by atoms with Crippen LogP contribution in [0.15, 0.2) is 53.1 Å². The molecule has 1 aromatic heterocycles. The molecule has 6 nitrogen and oxygen atoms in total. The molecule has 1 aliphatic rings. The molecule has 0 saturated carbocycles. The number of alkyl halides is 3. The van der Waals surface area contributed by atoms with Crippen molar-refractivity contribution < 1.29 is 22.5 Å². The molecule has 0 bridgehead atoms. The predicted octanol–water partition coefficient (Wildman–Crippen LogP) is 5.26.